The van der Waals surface area contributed by atoms with E-state index in [1.807, 2.05) is 0 Å². The van der Waals surface area contributed by atoms with Crippen LogP contribution in [0.15, 0.2) is 30.5 Å². The third-order valence-electron chi connectivity index (χ3n) is 8.98. The van der Waals surface area contributed by atoms with Gasteiger partial charge in [0.25, 0.3) is 0 Å². The minimum atomic E-state index is -1.04. The van der Waals surface area contributed by atoms with Crippen LogP contribution in [-0.2, 0) is 9.47 Å². The first-order chi connectivity index (χ1) is 25.5. The first-order valence-electron chi connectivity index (χ1n) is 17.7. The molecular formula is C38H42F3N6O5Tl. The van der Waals surface area contributed by atoms with E-state index in [0.717, 1.165) is 25.7 Å². The molecule has 2 saturated heterocycles. The van der Waals surface area contributed by atoms with E-state index in [9.17, 15) is 9.18 Å². The Morgan fingerprint density at radius 3 is 2.70 bits per heavy atom. The van der Waals surface area contributed by atoms with Crippen LogP contribution in [0.25, 0.3) is 32.9 Å². The quantitative estimate of drug-likeness (QED) is 0.121. The molecule has 0 saturated carbocycles. The number of hydrazine groups is 1. The second-order valence-corrected chi connectivity index (χ2v) is 15.2. The van der Waals surface area contributed by atoms with Crippen LogP contribution < -0.4 is 19.8 Å². The molecule has 1 N–H and O–H groups in total. The number of nitrogens with zero attached hydrogens (tertiary/aromatic N) is 5. The molecule has 11 nitrogen and oxygen atoms in total. The number of nitrogens with one attached hydrogen (secondary N) is 1. The number of ether oxygens (including phenoxy) is 4. The van der Waals surface area contributed by atoms with Crippen molar-refractivity contribution in [3.63, 3.8) is 0 Å². The van der Waals surface area contributed by atoms with Crippen LogP contribution in [0.2, 0.25) is 0 Å². The molecule has 4 heterocycles. The molecule has 0 bridgehead atoms. The Balaban J connectivity index is 1.53. The fraction of sp³-hybridized carbons (Fsp3) is 0.474. The number of benzene rings is 2. The van der Waals surface area contributed by atoms with E-state index >= 15 is 8.78 Å². The molecule has 6 rings (SSSR count). The first-order valence-corrected chi connectivity index (χ1v) is 19.9. The molecule has 4 aromatic rings. The maximum absolute atomic E-state index is 17.3. The molecular weight excluding hydrogens is 882 g/mol. The third-order valence-corrected chi connectivity index (χ3v) is 9.54. The standard InChI is InChI=1S/C38H42F3N6O5.Tl/c1-6-27-30(40)12-11-24-17-26(51-22-49-5)18-28(31(24)27)33-32(41)34-29(20-43-33)35(46-14-7-8-15-47(46)37(48)52-38(2,3)4)45-36(44-34)50-21-23-10-9-13-42-19-25(39)16-23;/h11-12,17-18,20,23,25,42H,7-10,13-16,19,21-22H2,2-5H3;/t23-,25-;/m1./s1. The van der Waals surface area contributed by atoms with E-state index in [0.29, 0.717) is 42.6 Å². The molecule has 2 aliphatic rings. The first kappa shape index (κ1) is 38.8. The summed E-state index contributed by atoms with van der Waals surface area (Å²) >= 11 is 0.274. The van der Waals surface area contributed by atoms with Crippen LogP contribution in [0.4, 0.5) is 23.8 Å². The van der Waals surface area contributed by atoms with Gasteiger partial charge in [-0.2, -0.15) is 0 Å². The number of rotatable bonds is 8. The van der Waals surface area contributed by atoms with E-state index in [4.69, 9.17) is 23.9 Å². The zero-order chi connectivity index (χ0) is 37.7. The van der Waals surface area contributed by atoms with E-state index in [-0.39, 0.29) is 91.2 Å². The molecule has 0 aliphatic carbocycles. The van der Waals surface area contributed by atoms with Gasteiger partial charge >= 0.3 is 214 Å². The fourth-order valence-corrected chi connectivity index (χ4v) is 7.21. The second kappa shape index (κ2) is 17.0. The number of alkyl halides is 1. The van der Waals surface area contributed by atoms with Gasteiger partial charge in [0.2, 0.25) is 0 Å². The number of anilines is 1. The average molecular weight is 924 g/mol. The molecule has 2 aliphatic heterocycles. The minimum absolute atomic E-state index is 0.0734. The van der Waals surface area contributed by atoms with Gasteiger partial charge in [-0.3, -0.25) is 0 Å². The van der Waals surface area contributed by atoms with Crippen molar-refractivity contribution in [2.24, 2.45) is 5.92 Å². The number of hydrogen-bond donors (Lipinski definition) is 1. The van der Waals surface area contributed by atoms with Crippen molar-refractivity contribution in [1.82, 2.24) is 25.3 Å². The molecule has 15 heteroatoms. The van der Waals surface area contributed by atoms with Crippen LogP contribution in [0.5, 0.6) is 11.8 Å². The van der Waals surface area contributed by atoms with Gasteiger partial charge in [-0.15, -0.1) is 0 Å². The van der Waals surface area contributed by atoms with Gasteiger partial charge < -0.3 is 10.1 Å². The molecule has 0 spiro atoms. The third kappa shape index (κ3) is 9.06. The number of amides is 1. The number of carbonyl (C=O) groups excluding carboxylic acids is 1. The molecule has 2 aromatic carbocycles. The molecule has 0 unspecified atom stereocenters. The number of fused-ring (bicyclic) bond motifs is 2. The van der Waals surface area contributed by atoms with Crippen LogP contribution >= 0.6 is 0 Å². The molecule has 2 atom stereocenters. The molecule has 2 aromatic heterocycles. The summed E-state index contributed by atoms with van der Waals surface area (Å²) in [6, 6.07) is 6.04. The second-order valence-electron chi connectivity index (χ2n) is 14.1. The number of halogens is 3. The van der Waals surface area contributed by atoms with Gasteiger partial charge in [0.05, 0.1) is 0 Å². The normalized spacial score (nSPS) is 18.2. The number of methoxy groups -OCH3 is 1. The predicted molar refractivity (Wildman–Crippen MR) is 195 cm³/mol. The summed E-state index contributed by atoms with van der Waals surface area (Å²) in [5.41, 5.74) is -0.655. The number of hydrogen-bond acceptors (Lipinski definition) is 10. The van der Waals surface area contributed by atoms with Gasteiger partial charge in [0, 0.05) is 13.1 Å². The van der Waals surface area contributed by atoms with Gasteiger partial charge in [-0.05, 0) is 65.3 Å². The molecule has 278 valence electrons. The maximum atomic E-state index is 17.3. The summed E-state index contributed by atoms with van der Waals surface area (Å²) in [5, 5.41) is 7.36. The molecule has 1 amide bonds. The summed E-state index contributed by atoms with van der Waals surface area (Å²) < 4.78 is 72.9. The SMILES string of the molecule is COCOc1cc(-c2ncc3c(N4CCCCN4C(=O)OC(C)(C)C)nc(OC[C@@H]4CCCNC[C@H](F)C4)nc3c2F)c2c(C#[C][Tl])c(F)ccc2c1. The Morgan fingerprint density at radius 1 is 1.11 bits per heavy atom. The monoisotopic (exact) mass is 924 g/mol. The van der Waals surface area contributed by atoms with Gasteiger partial charge in [-0.1, -0.05) is 0 Å². The summed E-state index contributed by atoms with van der Waals surface area (Å²) in [5.74, 6) is 1.97. The molecule has 53 heavy (non-hydrogen) atoms. The summed E-state index contributed by atoms with van der Waals surface area (Å²) in [6.45, 7) is 7.08. The Labute approximate surface area is 322 Å². The zero-order valence-corrected chi connectivity index (χ0v) is 34.8. The van der Waals surface area contributed by atoms with Gasteiger partial charge in [0.15, 0.2) is 0 Å². The van der Waals surface area contributed by atoms with Gasteiger partial charge in [-0.25, -0.2) is 9.18 Å². The van der Waals surface area contributed by atoms with Crippen LogP contribution in [0.1, 0.15) is 58.4 Å². The van der Waals surface area contributed by atoms with Crippen molar-refractivity contribution in [2.45, 2.75) is 64.6 Å². The van der Waals surface area contributed by atoms with Gasteiger partial charge in [0.1, 0.15) is 11.8 Å². The predicted octanol–water partition coefficient (Wildman–Crippen LogP) is 6.44. The van der Waals surface area contributed by atoms with E-state index in [1.54, 1.807) is 44.0 Å². The number of carbonyl (C=O) groups is 1. The molecule has 2 fully saturated rings. The van der Waals surface area contributed by atoms with E-state index in [1.165, 1.54) is 24.4 Å². The van der Waals surface area contributed by atoms with Crippen LogP contribution in [0.3, 0.4) is 0 Å². The summed E-state index contributed by atoms with van der Waals surface area (Å²) in [6.07, 6.45) is 3.14. The van der Waals surface area contributed by atoms with Crippen molar-refractivity contribution < 1.29 is 36.9 Å². The van der Waals surface area contributed by atoms with Crippen molar-refractivity contribution in [2.75, 3.05) is 51.7 Å². The number of aromatic nitrogens is 3. The Bertz CT molecular complexity index is 2040. The molecule has 0 radical (unpaired) electrons. The summed E-state index contributed by atoms with van der Waals surface area (Å²) in [4.78, 5) is 27.4. The Morgan fingerprint density at radius 2 is 1.92 bits per heavy atom. The fourth-order valence-electron chi connectivity index (χ4n) is 6.65. The van der Waals surface area contributed by atoms with Crippen LogP contribution in [0, 0.1) is 27.0 Å². The summed E-state index contributed by atoms with van der Waals surface area (Å²) in [7, 11) is 1.48. The number of pyridine rings is 1. The van der Waals surface area contributed by atoms with E-state index in [2.05, 4.69) is 24.7 Å². The van der Waals surface area contributed by atoms with Crippen molar-refractivity contribution in [3.8, 4) is 32.4 Å². The van der Waals surface area contributed by atoms with Crippen molar-refractivity contribution >= 4 is 59.4 Å². The van der Waals surface area contributed by atoms with Crippen LogP contribution in [-0.4, -0.2) is 110 Å². The van der Waals surface area contributed by atoms with E-state index < -0.39 is 29.5 Å². The zero-order valence-electron chi connectivity index (χ0n) is 30.3. The average Bonchev–Trinajstić information content (AvgIpc) is 3.12. The Kier molecular flexibility index (Phi) is 12.5. The Hall–Kier alpha value is -3.95. The topological polar surface area (TPSA) is 111 Å². The van der Waals surface area contributed by atoms with Crippen molar-refractivity contribution in [1.29, 1.82) is 0 Å². The van der Waals surface area contributed by atoms with Crippen molar-refractivity contribution in [3.05, 3.63) is 47.7 Å².